The van der Waals surface area contributed by atoms with Crippen molar-refractivity contribution in [3.05, 3.63) is 41.5 Å². The van der Waals surface area contributed by atoms with Gasteiger partial charge in [-0.25, -0.2) is 9.59 Å². The fourth-order valence-corrected chi connectivity index (χ4v) is 3.24. The normalized spacial score (nSPS) is 14.8. The molecule has 1 aliphatic carbocycles. The van der Waals surface area contributed by atoms with Gasteiger partial charge in [-0.1, -0.05) is 6.07 Å². The molecule has 1 heterocycles. The van der Waals surface area contributed by atoms with Crippen LogP contribution in [0.3, 0.4) is 0 Å². The number of carbonyl (C=O) groups excluding carboxylic acids is 2. The lowest BCUT2D eigenvalue weighted by atomic mass is 9.99. The van der Waals surface area contributed by atoms with Crippen molar-refractivity contribution in [2.24, 2.45) is 5.92 Å². The van der Waals surface area contributed by atoms with E-state index in [1.54, 1.807) is 12.1 Å². The van der Waals surface area contributed by atoms with Gasteiger partial charge in [-0.15, -0.1) is 0 Å². The van der Waals surface area contributed by atoms with Gasteiger partial charge in [0, 0.05) is 11.1 Å². The lowest BCUT2D eigenvalue weighted by molar-refractivity contribution is -0.146. The van der Waals surface area contributed by atoms with Gasteiger partial charge in [0.2, 0.25) is 5.75 Å². The first-order valence-electron chi connectivity index (χ1n) is 9.44. The van der Waals surface area contributed by atoms with E-state index < -0.39 is 5.97 Å². The molecule has 0 unspecified atom stereocenters. The van der Waals surface area contributed by atoms with Gasteiger partial charge in [0.25, 0.3) is 0 Å². The summed E-state index contributed by atoms with van der Waals surface area (Å²) in [4.78, 5) is 23.8. The predicted octanol–water partition coefficient (Wildman–Crippen LogP) is 3.37. The molecule has 2 aromatic rings. The number of benzene rings is 2. The van der Waals surface area contributed by atoms with Crippen LogP contribution in [-0.2, 0) is 20.9 Å². The number of cyclic esters (lactones) is 1. The fraction of sp³-hybridized carbons (Fsp3) is 0.364. The Balaban J connectivity index is 1.64. The van der Waals surface area contributed by atoms with E-state index in [4.69, 9.17) is 23.7 Å². The first-order valence-corrected chi connectivity index (χ1v) is 9.44. The van der Waals surface area contributed by atoms with Gasteiger partial charge >= 0.3 is 11.9 Å². The lowest BCUT2D eigenvalue weighted by Crippen LogP contribution is -2.16. The molecule has 1 saturated carbocycles. The fourth-order valence-electron chi connectivity index (χ4n) is 3.24. The van der Waals surface area contributed by atoms with Crippen molar-refractivity contribution in [2.75, 3.05) is 27.4 Å². The van der Waals surface area contributed by atoms with Gasteiger partial charge in [-0.05, 0) is 48.6 Å². The third-order valence-corrected chi connectivity index (χ3v) is 5.01. The highest BCUT2D eigenvalue weighted by molar-refractivity contribution is 5.94. The zero-order valence-electron chi connectivity index (χ0n) is 16.4. The summed E-state index contributed by atoms with van der Waals surface area (Å²) in [6.45, 7) is 0.428. The molecule has 1 fully saturated rings. The largest absolute Gasteiger partial charge is 0.493 e. The van der Waals surface area contributed by atoms with Crippen LogP contribution in [0.5, 0.6) is 17.2 Å². The van der Waals surface area contributed by atoms with E-state index in [0.717, 1.165) is 24.0 Å². The average molecular weight is 398 g/mol. The number of fused-ring (bicyclic) bond motifs is 1. The smallest absolute Gasteiger partial charge is 0.344 e. The molecule has 152 valence electrons. The molecule has 0 saturated heterocycles. The van der Waals surface area contributed by atoms with E-state index in [1.165, 1.54) is 14.2 Å². The molecule has 0 spiro atoms. The second-order valence-electron chi connectivity index (χ2n) is 7.04. The molecule has 0 atom stereocenters. The Hall–Kier alpha value is -3.22. The maximum absolute atomic E-state index is 12.1. The summed E-state index contributed by atoms with van der Waals surface area (Å²) in [6, 6.07) is 9.00. The topological polar surface area (TPSA) is 80.3 Å². The maximum Gasteiger partial charge on any atom is 0.344 e. The summed E-state index contributed by atoms with van der Waals surface area (Å²) in [6.07, 6.45) is 2.21. The monoisotopic (exact) mass is 398 g/mol. The van der Waals surface area contributed by atoms with Crippen molar-refractivity contribution in [1.82, 2.24) is 0 Å². The van der Waals surface area contributed by atoms with E-state index in [2.05, 4.69) is 0 Å². The van der Waals surface area contributed by atoms with Crippen LogP contribution in [0.15, 0.2) is 30.3 Å². The molecule has 0 radical (unpaired) electrons. The third-order valence-electron chi connectivity index (χ3n) is 5.01. The molecule has 1 aliphatic heterocycles. The number of rotatable bonds is 8. The molecule has 0 aromatic heterocycles. The van der Waals surface area contributed by atoms with E-state index >= 15 is 0 Å². The first-order chi connectivity index (χ1) is 14.1. The molecule has 0 N–H and O–H groups in total. The van der Waals surface area contributed by atoms with Crippen molar-refractivity contribution in [3.63, 3.8) is 0 Å². The highest BCUT2D eigenvalue weighted by Crippen LogP contribution is 2.45. The Kier molecular flexibility index (Phi) is 5.29. The van der Waals surface area contributed by atoms with Crippen LogP contribution in [0, 0.1) is 5.92 Å². The standard InChI is InChI=1S/C22H22O7/c1-25-18-8-7-16(14-5-6-17-15(9-14)11-29-22(17)24)20(21(18)26-2)28-12-19(23)27-10-13-3-4-13/h5-9,13H,3-4,10-12H2,1-2H3. The Bertz CT molecular complexity index is 946. The zero-order chi connectivity index (χ0) is 20.4. The second kappa shape index (κ2) is 8.03. The molecule has 4 rings (SSSR count). The number of carbonyl (C=O) groups is 2. The van der Waals surface area contributed by atoms with Crippen LogP contribution in [0.25, 0.3) is 11.1 Å². The van der Waals surface area contributed by atoms with Gasteiger partial charge in [0.15, 0.2) is 18.1 Å². The van der Waals surface area contributed by atoms with Crippen LogP contribution in [0.4, 0.5) is 0 Å². The summed E-state index contributed by atoms with van der Waals surface area (Å²) >= 11 is 0. The van der Waals surface area contributed by atoms with Crippen LogP contribution < -0.4 is 14.2 Å². The highest BCUT2D eigenvalue weighted by Gasteiger charge is 2.25. The van der Waals surface area contributed by atoms with Crippen molar-refractivity contribution in [3.8, 4) is 28.4 Å². The summed E-state index contributed by atoms with van der Waals surface area (Å²) in [7, 11) is 3.04. The SMILES string of the molecule is COc1ccc(-c2ccc3c(c2)COC3=O)c(OCC(=O)OCC2CC2)c1OC. The molecular weight excluding hydrogens is 376 g/mol. The summed E-state index contributed by atoms with van der Waals surface area (Å²) in [5.74, 6) is 0.970. The summed E-state index contributed by atoms with van der Waals surface area (Å²) in [5, 5.41) is 0. The second-order valence-corrected chi connectivity index (χ2v) is 7.04. The van der Waals surface area contributed by atoms with Crippen LogP contribution in [0.1, 0.15) is 28.8 Å². The van der Waals surface area contributed by atoms with Crippen molar-refractivity contribution < 1.29 is 33.3 Å². The lowest BCUT2D eigenvalue weighted by Gasteiger charge is -2.18. The minimum atomic E-state index is -0.430. The minimum Gasteiger partial charge on any atom is -0.493 e. The quantitative estimate of drug-likeness (QED) is 0.631. The van der Waals surface area contributed by atoms with Crippen LogP contribution in [0.2, 0.25) is 0 Å². The Labute approximate surface area is 168 Å². The summed E-state index contributed by atoms with van der Waals surface area (Å²) < 4.78 is 27.0. The van der Waals surface area contributed by atoms with E-state index in [9.17, 15) is 9.59 Å². The van der Waals surface area contributed by atoms with Gasteiger partial charge < -0.3 is 23.7 Å². The Morgan fingerprint density at radius 1 is 1.07 bits per heavy atom. The highest BCUT2D eigenvalue weighted by atomic mass is 16.6. The number of ether oxygens (including phenoxy) is 5. The number of hydrogen-bond acceptors (Lipinski definition) is 7. The minimum absolute atomic E-state index is 0.235. The zero-order valence-corrected chi connectivity index (χ0v) is 16.4. The molecule has 2 aliphatic rings. The van der Waals surface area contributed by atoms with Crippen molar-refractivity contribution >= 4 is 11.9 Å². The van der Waals surface area contributed by atoms with Crippen LogP contribution >= 0.6 is 0 Å². The van der Waals surface area contributed by atoms with E-state index in [1.807, 2.05) is 18.2 Å². The molecule has 2 aromatic carbocycles. The number of methoxy groups -OCH3 is 2. The average Bonchev–Trinajstić information content (AvgIpc) is 3.51. The van der Waals surface area contributed by atoms with Crippen molar-refractivity contribution in [2.45, 2.75) is 19.4 Å². The third kappa shape index (κ3) is 3.99. The molecule has 29 heavy (non-hydrogen) atoms. The van der Waals surface area contributed by atoms with Gasteiger partial charge in [0.05, 0.1) is 26.4 Å². The molecule has 7 heteroatoms. The first kappa shape index (κ1) is 19.1. The Morgan fingerprint density at radius 3 is 2.59 bits per heavy atom. The predicted molar refractivity (Wildman–Crippen MR) is 103 cm³/mol. The van der Waals surface area contributed by atoms with E-state index in [0.29, 0.717) is 40.9 Å². The number of esters is 2. The van der Waals surface area contributed by atoms with Gasteiger partial charge in [-0.3, -0.25) is 0 Å². The van der Waals surface area contributed by atoms with Crippen molar-refractivity contribution in [1.29, 1.82) is 0 Å². The molecule has 0 amide bonds. The van der Waals surface area contributed by atoms with Gasteiger partial charge in [-0.2, -0.15) is 0 Å². The number of hydrogen-bond donors (Lipinski definition) is 0. The Morgan fingerprint density at radius 2 is 1.86 bits per heavy atom. The van der Waals surface area contributed by atoms with Crippen LogP contribution in [-0.4, -0.2) is 39.4 Å². The molecular formula is C22H22O7. The summed E-state index contributed by atoms with van der Waals surface area (Å²) in [5.41, 5.74) is 2.88. The maximum atomic E-state index is 12.1. The van der Waals surface area contributed by atoms with Gasteiger partial charge in [0.1, 0.15) is 6.61 Å². The molecule has 7 nitrogen and oxygen atoms in total. The molecule has 0 bridgehead atoms. The van der Waals surface area contributed by atoms with E-state index in [-0.39, 0.29) is 19.2 Å².